The lowest BCUT2D eigenvalue weighted by atomic mass is 9.81. The molecule has 0 saturated carbocycles. The Morgan fingerprint density at radius 3 is 2.59 bits per heavy atom. The van der Waals surface area contributed by atoms with Crippen molar-refractivity contribution in [2.24, 2.45) is 11.1 Å². The Bertz CT molecular complexity index is 633. The first-order chi connectivity index (χ1) is 10.6. The van der Waals surface area contributed by atoms with Crippen LogP contribution >= 0.6 is 0 Å². The van der Waals surface area contributed by atoms with E-state index in [1.807, 2.05) is 26.0 Å². The van der Waals surface area contributed by atoms with E-state index in [9.17, 15) is 4.79 Å². The molecule has 22 heavy (non-hydrogen) atoms. The van der Waals surface area contributed by atoms with Crippen molar-refractivity contribution in [3.8, 4) is 0 Å². The zero-order valence-electron chi connectivity index (χ0n) is 13.8. The van der Waals surface area contributed by atoms with E-state index in [1.165, 1.54) is 16.6 Å². The Labute approximate surface area is 132 Å². The average Bonchev–Trinajstić information content (AvgIpc) is 2.85. The van der Waals surface area contributed by atoms with Crippen LogP contribution in [0.15, 0.2) is 24.3 Å². The maximum atomic E-state index is 12.4. The van der Waals surface area contributed by atoms with E-state index in [4.69, 9.17) is 5.73 Å². The first kappa shape index (κ1) is 16.6. The molecule has 0 unspecified atom stereocenters. The standard InChI is InChI=1S/C18H27N3O/c1-4-18(5-2,12-19)17(22)20-11-10-14-13(3)21-16-9-7-6-8-15(14)16/h6-9,21H,4-5,10-12,19H2,1-3H3,(H,20,22). The second-order valence-corrected chi connectivity index (χ2v) is 5.97. The molecule has 1 aromatic heterocycles. The van der Waals surface area contributed by atoms with Crippen LogP contribution in [-0.2, 0) is 11.2 Å². The maximum Gasteiger partial charge on any atom is 0.227 e. The smallest absolute Gasteiger partial charge is 0.227 e. The third kappa shape index (κ3) is 3.02. The monoisotopic (exact) mass is 301 g/mol. The first-order valence-electron chi connectivity index (χ1n) is 8.12. The van der Waals surface area contributed by atoms with Gasteiger partial charge in [-0.3, -0.25) is 4.79 Å². The number of hydrogen-bond donors (Lipinski definition) is 3. The van der Waals surface area contributed by atoms with Crippen LogP contribution in [0.2, 0.25) is 0 Å². The van der Waals surface area contributed by atoms with E-state index in [2.05, 4.69) is 29.4 Å². The quantitative estimate of drug-likeness (QED) is 0.736. The van der Waals surface area contributed by atoms with Gasteiger partial charge in [0, 0.05) is 29.7 Å². The van der Waals surface area contributed by atoms with Crippen LogP contribution in [-0.4, -0.2) is 24.0 Å². The van der Waals surface area contributed by atoms with E-state index in [0.29, 0.717) is 13.1 Å². The van der Waals surface area contributed by atoms with E-state index < -0.39 is 5.41 Å². The van der Waals surface area contributed by atoms with Crippen LogP contribution in [0.1, 0.15) is 37.9 Å². The number of carbonyl (C=O) groups is 1. The fourth-order valence-corrected chi connectivity index (χ4v) is 3.10. The van der Waals surface area contributed by atoms with Gasteiger partial charge in [-0.25, -0.2) is 0 Å². The number of carbonyl (C=O) groups excluding carboxylic acids is 1. The van der Waals surface area contributed by atoms with Crippen LogP contribution in [0.5, 0.6) is 0 Å². The fraction of sp³-hybridized carbons (Fsp3) is 0.500. The molecule has 0 aliphatic carbocycles. The van der Waals surface area contributed by atoms with E-state index in [0.717, 1.165) is 24.8 Å². The highest BCUT2D eigenvalue weighted by molar-refractivity contribution is 5.85. The number of amides is 1. The summed E-state index contributed by atoms with van der Waals surface area (Å²) < 4.78 is 0. The molecular formula is C18H27N3O. The number of aromatic nitrogens is 1. The van der Waals surface area contributed by atoms with Gasteiger partial charge in [0.05, 0.1) is 5.41 Å². The van der Waals surface area contributed by atoms with Gasteiger partial charge in [-0.2, -0.15) is 0 Å². The van der Waals surface area contributed by atoms with Gasteiger partial charge in [0.15, 0.2) is 0 Å². The van der Waals surface area contributed by atoms with Crippen LogP contribution in [0.3, 0.4) is 0 Å². The molecule has 0 spiro atoms. The Morgan fingerprint density at radius 2 is 1.95 bits per heavy atom. The van der Waals surface area contributed by atoms with Crippen molar-refractivity contribution in [2.45, 2.75) is 40.0 Å². The van der Waals surface area contributed by atoms with Gasteiger partial charge in [0.25, 0.3) is 0 Å². The third-order valence-corrected chi connectivity index (χ3v) is 4.91. The predicted octanol–water partition coefficient (Wildman–Crippen LogP) is 2.90. The molecule has 2 rings (SSSR count). The Balaban J connectivity index is 2.04. The summed E-state index contributed by atoms with van der Waals surface area (Å²) >= 11 is 0. The summed E-state index contributed by atoms with van der Waals surface area (Å²) in [5.41, 5.74) is 9.01. The largest absolute Gasteiger partial charge is 0.358 e. The molecule has 0 atom stereocenters. The molecule has 0 fully saturated rings. The molecule has 0 aliphatic rings. The summed E-state index contributed by atoms with van der Waals surface area (Å²) in [5.74, 6) is 0.0810. The van der Waals surface area contributed by atoms with Crippen molar-refractivity contribution in [2.75, 3.05) is 13.1 Å². The van der Waals surface area contributed by atoms with Gasteiger partial charge in [-0.15, -0.1) is 0 Å². The number of nitrogens with two attached hydrogens (primary N) is 1. The summed E-state index contributed by atoms with van der Waals surface area (Å²) in [6.45, 7) is 7.18. The number of aromatic amines is 1. The number of hydrogen-bond acceptors (Lipinski definition) is 2. The molecule has 2 aromatic rings. The van der Waals surface area contributed by atoms with Gasteiger partial charge >= 0.3 is 0 Å². The predicted molar refractivity (Wildman–Crippen MR) is 91.8 cm³/mol. The molecule has 1 amide bonds. The van der Waals surface area contributed by atoms with Gasteiger partial charge in [-0.05, 0) is 37.8 Å². The second-order valence-electron chi connectivity index (χ2n) is 5.97. The zero-order chi connectivity index (χ0) is 16.2. The summed E-state index contributed by atoms with van der Waals surface area (Å²) in [6.07, 6.45) is 2.38. The average molecular weight is 301 g/mol. The highest BCUT2D eigenvalue weighted by Crippen LogP contribution is 2.25. The van der Waals surface area contributed by atoms with E-state index >= 15 is 0 Å². The van der Waals surface area contributed by atoms with Crippen molar-refractivity contribution in [3.63, 3.8) is 0 Å². The normalized spacial score (nSPS) is 11.8. The van der Waals surface area contributed by atoms with Crippen molar-refractivity contribution < 1.29 is 4.79 Å². The zero-order valence-corrected chi connectivity index (χ0v) is 13.8. The van der Waals surface area contributed by atoms with Gasteiger partial charge < -0.3 is 16.0 Å². The lowest BCUT2D eigenvalue weighted by Crippen LogP contribution is -2.45. The van der Waals surface area contributed by atoms with E-state index in [1.54, 1.807) is 0 Å². The van der Waals surface area contributed by atoms with E-state index in [-0.39, 0.29) is 5.91 Å². The number of para-hydroxylation sites is 1. The Hall–Kier alpha value is -1.81. The minimum atomic E-state index is -0.421. The minimum Gasteiger partial charge on any atom is -0.358 e. The van der Waals surface area contributed by atoms with Crippen LogP contribution in [0.4, 0.5) is 0 Å². The molecule has 4 heteroatoms. The van der Waals surface area contributed by atoms with Gasteiger partial charge in [0.1, 0.15) is 0 Å². The lowest BCUT2D eigenvalue weighted by molar-refractivity contribution is -0.131. The molecule has 0 aliphatic heterocycles. The van der Waals surface area contributed by atoms with Crippen LogP contribution in [0.25, 0.3) is 10.9 Å². The fourth-order valence-electron chi connectivity index (χ4n) is 3.10. The van der Waals surface area contributed by atoms with Crippen molar-refractivity contribution in [3.05, 3.63) is 35.5 Å². The molecule has 0 radical (unpaired) electrons. The molecular weight excluding hydrogens is 274 g/mol. The number of benzene rings is 1. The minimum absolute atomic E-state index is 0.0810. The number of fused-ring (bicyclic) bond motifs is 1. The Morgan fingerprint density at radius 1 is 1.27 bits per heavy atom. The number of nitrogens with one attached hydrogen (secondary N) is 2. The van der Waals surface area contributed by atoms with Crippen molar-refractivity contribution >= 4 is 16.8 Å². The highest BCUT2D eigenvalue weighted by Gasteiger charge is 2.32. The first-order valence-corrected chi connectivity index (χ1v) is 8.12. The van der Waals surface area contributed by atoms with Gasteiger partial charge in [0.2, 0.25) is 5.91 Å². The molecule has 1 aromatic carbocycles. The molecule has 1 heterocycles. The summed E-state index contributed by atoms with van der Waals surface area (Å²) in [6, 6.07) is 8.28. The molecule has 0 saturated heterocycles. The summed E-state index contributed by atoms with van der Waals surface area (Å²) in [5, 5.41) is 4.31. The Kier molecular flexibility index (Phi) is 5.24. The molecule has 120 valence electrons. The number of rotatable bonds is 7. The number of H-pyrrole nitrogens is 1. The lowest BCUT2D eigenvalue weighted by Gasteiger charge is -2.28. The second kappa shape index (κ2) is 6.97. The van der Waals surface area contributed by atoms with Crippen LogP contribution in [0, 0.1) is 12.3 Å². The maximum absolute atomic E-state index is 12.4. The molecule has 4 N–H and O–H groups in total. The SMILES string of the molecule is CCC(CC)(CN)C(=O)NCCc1c(C)[nH]c2ccccc12. The van der Waals surface area contributed by atoms with Crippen molar-refractivity contribution in [1.82, 2.24) is 10.3 Å². The van der Waals surface area contributed by atoms with Crippen LogP contribution < -0.4 is 11.1 Å². The molecule has 4 nitrogen and oxygen atoms in total. The summed E-state index contributed by atoms with van der Waals surface area (Å²) in [7, 11) is 0. The van der Waals surface area contributed by atoms with Crippen molar-refractivity contribution in [1.29, 1.82) is 0 Å². The highest BCUT2D eigenvalue weighted by atomic mass is 16.2. The topological polar surface area (TPSA) is 70.9 Å². The number of aryl methyl sites for hydroxylation is 1. The van der Waals surface area contributed by atoms with Gasteiger partial charge in [-0.1, -0.05) is 32.0 Å². The summed E-state index contributed by atoms with van der Waals surface area (Å²) in [4.78, 5) is 15.8. The third-order valence-electron chi connectivity index (χ3n) is 4.91. The molecule has 0 bridgehead atoms.